The molecule has 0 aliphatic heterocycles. The summed E-state index contributed by atoms with van der Waals surface area (Å²) in [6, 6.07) is 14.6. The molecule has 0 nitrogen and oxygen atoms in total. The van der Waals surface area contributed by atoms with Crippen LogP contribution in [0.25, 0.3) is 11.1 Å². The molecule has 0 aliphatic carbocycles. The molecule has 0 atom stereocenters. The van der Waals surface area contributed by atoms with Gasteiger partial charge in [-0.1, -0.05) is 40.2 Å². The molecule has 2 rings (SSSR count). The number of hydrogen-bond acceptors (Lipinski definition) is 0. The van der Waals surface area contributed by atoms with Gasteiger partial charge in [0.2, 0.25) is 0 Å². The van der Waals surface area contributed by atoms with E-state index in [4.69, 9.17) is 0 Å². The van der Waals surface area contributed by atoms with Crippen molar-refractivity contribution < 1.29 is 0 Å². The molecule has 0 aliphatic rings. The summed E-state index contributed by atoms with van der Waals surface area (Å²) in [6.07, 6.45) is 0. The fourth-order valence-corrected chi connectivity index (χ4v) is 2.82. The summed E-state index contributed by atoms with van der Waals surface area (Å²) in [5, 5.41) is 0. The van der Waals surface area contributed by atoms with Crippen molar-refractivity contribution in [2.45, 2.75) is 0 Å². The predicted molar refractivity (Wildman–Crippen MR) is 80.0 cm³/mol. The van der Waals surface area contributed by atoms with E-state index in [0.717, 1.165) is 8.95 Å². The second kappa shape index (κ2) is 4.97. The topological polar surface area (TPSA) is 0 Å². The highest BCUT2D eigenvalue weighted by atomic mass is 127. The van der Waals surface area contributed by atoms with E-state index in [1.165, 1.54) is 14.7 Å². The number of benzene rings is 2. The summed E-state index contributed by atoms with van der Waals surface area (Å²) in [4.78, 5) is 0. The van der Waals surface area contributed by atoms with Crippen LogP contribution in [0.5, 0.6) is 0 Å². The van der Waals surface area contributed by atoms with E-state index in [9.17, 15) is 0 Å². The van der Waals surface area contributed by atoms with E-state index in [0.29, 0.717) is 0 Å². The van der Waals surface area contributed by atoms with E-state index >= 15 is 0 Å². The predicted octanol–water partition coefficient (Wildman–Crippen LogP) is 5.48. The highest BCUT2D eigenvalue weighted by Gasteiger charge is 2.05. The van der Waals surface area contributed by atoms with Gasteiger partial charge in [-0.25, -0.2) is 0 Å². The zero-order chi connectivity index (χ0) is 10.8. The molecule has 3 heteroatoms. The van der Waals surface area contributed by atoms with Gasteiger partial charge in [0.25, 0.3) is 0 Å². The van der Waals surface area contributed by atoms with Crippen LogP contribution in [0.15, 0.2) is 51.4 Å². The summed E-state index contributed by atoms with van der Waals surface area (Å²) in [6.45, 7) is 0. The van der Waals surface area contributed by atoms with Gasteiger partial charge in [0.15, 0.2) is 0 Å². The Morgan fingerprint density at radius 3 is 2.40 bits per heavy atom. The van der Waals surface area contributed by atoms with Crippen molar-refractivity contribution in [3.63, 3.8) is 0 Å². The van der Waals surface area contributed by atoms with Gasteiger partial charge in [-0.3, -0.25) is 0 Å². The molecular formula is C12H7Br2I. The maximum Gasteiger partial charge on any atom is 0.0350 e. The van der Waals surface area contributed by atoms with Crippen LogP contribution in [0.4, 0.5) is 0 Å². The molecule has 76 valence electrons. The molecule has 0 amide bonds. The summed E-state index contributed by atoms with van der Waals surface area (Å²) in [7, 11) is 0. The van der Waals surface area contributed by atoms with E-state index in [2.05, 4.69) is 90.8 Å². The first-order valence-electron chi connectivity index (χ1n) is 4.38. The molecule has 0 bridgehead atoms. The number of halogens is 3. The van der Waals surface area contributed by atoms with Gasteiger partial charge in [-0.05, 0) is 67.8 Å². The summed E-state index contributed by atoms with van der Waals surface area (Å²) < 4.78 is 3.49. The van der Waals surface area contributed by atoms with Crippen molar-refractivity contribution >= 4 is 54.5 Å². The zero-order valence-electron chi connectivity index (χ0n) is 7.68. The maximum absolute atomic E-state index is 3.54. The minimum atomic E-state index is 1.11. The normalized spacial score (nSPS) is 10.3. The van der Waals surface area contributed by atoms with Crippen LogP contribution in [0.2, 0.25) is 0 Å². The maximum atomic E-state index is 3.54. The summed E-state index contributed by atoms with van der Waals surface area (Å²) in [5.41, 5.74) is 2.49. The van der Waals surface area contributed by atoms with Crippen LogP contribution in [-0.4, -0.2) is 0 Å². The minimum Gasteiger partial charge on any atom is -0.0605 e. The van der Waals surface area contributed by atoms with Crippen molar-refractivity contribution in [3.8, 4) is 11.1 Å². The van der Waals surface area contributed by atoms with Gasteiger partial charge in [-0.15, -0.1) is 0 Å². The lowest BCUT2D eigenvalue weighted by atomic mass is 10.1. The zero-order valence-corrected chi connectivity index (χ0v) is 13.0. The standard InChI is InChI=1S/C12H7Br2I/c13-9-4-1-3-8(7-9)10-5-2-6-11(14)12(10)15/h1-7H. The SMILES string of the molecule is Brc1cccc(-c2cccc(Br)c2I)c1. The smallest absolute Gasteiger partial charge is 0.0350 e. The van der Waals surface area contributed by atoms with Crippen LogP contribution < -0.4 is 0 Å². The molecular weight excluding hydrogens is 431 g/mol. The van der Waals surface area contributed by atoms with E-state index in [1.54, 1.807) is 0 Å². The second-order valence-electron chi connectivity index (χ2n) is 3.11. The van der Waals surface area contributed by atoms with Gasteiger partial charge in [0.1, 0.15) is 0 Å². The van der Waals surface area contributed by atoms with Crippen LogP contribution >= 0.6 is 54.5 Å². The monoisotopic (exact) mass is 436 g/mol. The Morgan fingerprint density at radius 1 is 0.933 bits per heavy atom. The molecule has 0 N–H and O–H groups in total. The van der Waals surface area contributed by atoms with Crippen LogP contribution in [0.3, 0.4) is 0 Å². The fraction of sp³-hybridized carbons (Fsp3) is 0. The highest BCUT2D eigenvalue weighted by Crippen LogP contribution is 2.31. The van der Waals surface area contributed by atoms with E-state index in [1.807, 2.05) is 6.07 Å². The first kappa shape index (κ1) is 11.6. The van der Waals surface area contributed by atoms with E-state index < -0.39 is 0 Å². The second-order valence-corrected chi connectivity index (χ2v) is 5.96. The number of rotatable bonds is 1. The molecule has 0 saturated heterocycles. The first-order valence-corrected chi connectivity index (χ1v) is 7.05. The Bertz CT molecular complexity index is 495. The molecule has 2 aromatic carbocycles. The van der Waals surface area contributed by atoms with Crippen molar-refractivity contribution in [3.05, 3.63) is 55.0 Å². The Hall–Kier alpha value is 0.130. The van der Waals surface area contributed by atoms with Crippen molar-refractivity contribution in [1.82, 2.24) is 0 Å². The third kappa shape index (κ3) is 2.63. The molecule has 0 heterocycles. The molecule has 0 aromatic heterocycles. The van der Waals surface area contributed by atoms with Gasteiger partial charge < -0.3 is 0 Å². The minimum absolute atomic E-state index is 1.11. The first-order chi connectivity index (χ1) is 7.18. The lowest BCUT2D eigenvalue weighted by Gasteiger charge is -2.06. The van der Waals surface area contributed by atoms with Crippen molar-refractivity contribution in [2.24, 2.45) is 0 Å². The Morgan fingerprint density at radius 2 is 1.67 bits per heavy atom. The molecule has 2 aromatic rings. The third-order valence-corrected chi connectivity index (χ3v) is 5.14. The molecule has 0 unspecified atom stereocenters. The fourth-order valence-electron chi connectivity index (χ4n) is 1.38. The lowest BCUT2D eigenvalue weighted by molar-refractivity contribution is 1.53. The molecule has 0 fully saturated rings. The molecule has 0 spiro atoms. The quantitative estimate of drug-likeness (QED) is 0.518. The third-order valence-electron chi connectivity index (χ3n) is 2.09. The van der Waals surface area contributed by atoms with Crippen LogP contribution in [0, 0.1) is 3.57 Å². The van der Waals surface area contributed by atoms with Gasteiger partial charge in [-0.2, -0.15) is 0 Å². The van der Waals surface area contributed by atoms with Crippen molar-refractivity contribution in [1.29, 1.82) is 0 Å². The molecule has 0 saturated carbocycles. The van der Waals surface area contributed by atoms with Crippen LogP contribution in [-0.2, 0) is 0 Å². The Balaban J connectivity index is 2.59. The Labute approximate surface area is 119 Å². The van der Waals surface area contributed by atoms with Crippen molar-refractivity contribution in [2.75, 3.05) is 0 Å². The Kier molecular flexibility index (Phi) is 3.85. The average Bonchev–Trinajstić information content (AvgIpc) is 2.22. The van der Waals surface area contributed by atoms with Crippen LogP contribution in [0.1, 0.15) is 0 Å². The average molecular weight is 438 g/mol. The molecule has 15 heavy (non-hydrogen) atoms. The summed E-state index contributed by atoms with van der Waals surface area (Å²) in [5.74, 6) is 0. The number of hydrogen-bond donors (Lipinski definition) is 0. The summed E-state index contributed by atoms with van der Waals surface area (Å²) >= 11 is 9.39. The van der Waals surface area contributed by atoms with Gasteiger partial charge >= 0.3 is 0 Å². The van der Waals surface area contributed by atoms with Gasteiger partial charge in [0, 0.05) is 12.5 Å². The molecule has 0 radical (unpaired) electrons. The largest absolute Gasteiger partial charge is 0.0605 e. The highest BCUT2D eigenvalue weighted by molar-refractivity contribution is 14.1. The lowest BCUT2D eigenvalue weighted by Crippen LogP contribution is -1.83. The van der Waals surface area contributed by atoms with E-state index in [-0.39, 0.29) is 0 Å². The van der Waals surface area contributed by atoms with Gasteiger partial charge in [0.05, 0.1) is 0 Å².